The van der Waals surface area contributed by atoms with Crippen LogP contribution < -0.4 is 10.0 Å². The summed E-state index contributed by atoms with van der Waals surface area (Å²) in [6, 6.07) is 13.6. The van der Waals surface area contributed by atoms with Crippen molar-refractivity contribution in [3.8, 4) is 5.88 Å². The minimum Gasteiger partial charge on any atom is -0.494 e. The molecule has 142 valence electrons. The van der Waals surface area contributed by atoms with Crippen LogP contribution in [0.3, 0.4) is 0 Å². The Morgan fingerprint density at radius 2 is 1.89 bits per heavy atom. The molecule has 3 aromatic rings. The molecule has 0 saturated carbocycles. The molecule has 1 aliphatic rings. The Balaban J connectivity index is 1.78. The molecule has 1 aromatic heterocycles. The Labute approximate surface area is 165 Å². The summed E-state index contributed by atoms with van der Waals surface area (Å²) < 4.78 is 4.22. The van der Waals surface area contributed by atoms with E-state index in [0.717, 1.165) is 0 Å². The van der Waals surface area contributed by atoms with Crippen LogP contribution in [0, 0.1) is 0 Å². The number of nitrogens with zero attached hydrogens (tertiary/aromatic N) is 2. The van der Waals surface area contributed by atoms with Gasteiger partial charge in [-0.1, -0.05) is 42.3 Å². The van der Waals surface area contributed by atoms with Crippen LogP contribution in [0.5, 0.6) is 5.88 Å². The van der Waals surface area contributed by atoms with Crippen LogP contribution in [0.2, 0.25) is 0 Å². The average Bonchev–Trinajstić information content (AvgIpc) is 3.19. The number of amides is 1. The number of aromatic hydroxyl groups is 1. The zero-order valence-corrected chi connectivity index (χ0v) is 15.9. The number of aromatic nitrogens is 1. The summed E-state index contributed by atoms with van der Waals surface area (Å²) in [7, 11) is 0. The monoisotopic (exact) mass is 394 g/mol. The number of carbonyl (C=O) groups excluding carboxylic acids is 2. The van der Waals surface area contributed by atoms with Crippen molar-refractivity contribution >= 4 is 46.1 Å². The molecule has 0 saturated heterocycles. The molecule has 0 atom stereocenters. The standard InChI is InChI=1S/C20H18N4O3S/c1-28-22-11-10-21-20(27)24-15-9-5-3-7-13(15)16(19(24)26)17-18(25)12-6-2-4-8-14(12)23-17/h2-9,22,26H,10-11H2,1H3,(H,21,27). The Bertz CT molecular complexity index is 1120. The zero-order valence-electron chi connectivity index (χ0n) is 15.1. The van der Waals surface area contributed by atoms with E-state index in [4.69, 9.17) is 0 Å². The summed E-state index contributed by atoms with van der Waals surface area (Å²) in [5.74, 6) is -0.560. The van der Waals surface area contributed by atoms with Crippen molar-refractivity contribution in [2.24, 2.45) is 4.99 Å². The van der Waals surface area contributed by atoms with E-state index in [1.165, 1.54) is 16.5 Å². The van der Waals surface area contributed by atoms with Gasteiger partial charge < -0.3 is 10.4 Å². The summed E-state index contributed by atoms with van der Waals surface area (Å²) in [6.07, 6.45) is 1.90. The van der Waals surface area contributed by atoms with Gasteiger partial charge in [0.2, 0.25) is 11.7 Å². The first-order chi connectivity index (χ1) is 13.6. The van der Waals surface area contributed by atoms with Crippen LogP contribution in [0.25, 0.3) is 10.9 Å². The third-order valence-corrected chi connectivity index (χ3v) is 5.03. The number of hydrogen-bond donors (Lipinski definition) is 3. The highest BCUT2D eigenvalue weighted by Crippen LogP contribution is 2.37. The maximum Gasteiger partial charge on any atom is 0.328 e. The van der Waals surface area contributed by atoms with Crippen molar-refractivity contribution in [1.29, 1.82) is 0 Å². The molecule has 1 aliphatic heterocycles. The van der Waals surface area contributed by atoms with Crippen molar-refractivity contribution in [1.82, 2.24) is 14.6 Å². The third kappa shape index (κ3) is 2.96. The summed E-state index contributed by atoms with van der Waals surface area (Å²) >= 11 is 1.46. The quantitative estimate of drug-likeness (QED) is 0.457. The van der Waals surface area contributed by atoms with E-state index in [1.807, 2.05) is 6.26 Å². The number of hydrogen-bond acceptors (Lipinski definition) is 6. The molecule has 0 fully saturated rings. The second kappa shape index (κ2) is 7.49. The molecule has 8 heteroatoms. The van der Waals surface area contributed by atoms with Gasteiger partial charge in [0.15, 0.2) is 0 Å². The number of para-hydroxylation sites is 2. The molecule has 2 aromatic carbocycles. The zero-order chi connectivity index (χ0) is 19.7. The van der Waals surface area contributed by atoms with Crippen molar-refractivity contribution < 1.29 is 14.7 Å². The number of carbonyl (C=O) groups is 2. The number of fused-ring (bicyclic) bond motifs is 2. The van der Waals surface area contributed by atoms with E-state index in [9.17, 15) is 14.7 Å². The molecule has 0 bridgehead atoms. The van der Waals surface area contributed by atoms with Crippen molar-refractivity contribution in [3.05, 3.63) is 59.7 Å². The lowest BCUT2D eigenvalue weighted by Gasteiger charge is -2.08. The van der Waals surface area contributed by atoms with Crippen LogP contribution in [0.4, 0.5) is 10.5 Å². The van der Waals surface area contributed by atoms with Gasteiger partial charge >= 0.3 is 6.03 Å². The molecular formula is C20H18N4O3S. The Hall–Kier alpha value is -3.10. The molecule has 4 rings (SSSR count). The molecule has 3 N–H and O–H groups in total. The first-order valence-corrected chi connectivity index (χ1v) is 9.95. The maximum atomic E-state index is 12.9. The first kappa shape index (κ1) is 18.3. The lowest BCUT2D eigenvalue weighted by molar-refractivity contribution is 0.107. The first-order valence-electron chi connectivity index (χ1n) is 8.72. The molecule has 7 nitrogen and oxygen atoms in total. The topological polar surface area (TPSA) is 95.7 Å². The van der Waals surface area contributed by atoms with E-state index in [2.05, 4.69) is 15.0 Å². The van der Waals surface area contributed by atoms with Crippen LogP contribution in [0.1, 0.15) is 15.9 Å². The Morgan fingerprint density at radius 3 is 2.68 bits per heavy atom. The molecule has 2 heterocycles. The second-order valence-corrected chi connectivity index (χ2v) is 6.89. The van der Waals surface area contributed by atoms with Crippen molar-refractivity contribution in [3.63, 3.8) is 0 Å². The lowest BCUT2D eigenvalue weighted by atomic mass is 10.0. The fourth-order valence-corrected chi connectivity index (χ4v) is 3.60. The van der Waals surface area contributed by atoms with Crippen LogP contribution >= 0.6 is 11.9 Å². The molecule has 1 amide bonds. The molecule has 28 heavy (non-hydrogen) atoms. The van der Waals surface area contributed by atoms with E-state index < -0.39 is 6.03 Å². The van der Waals surface area contributed by atoms with Crippen LogP contribution in [-0.2, 0) is 0 Å². The molecule has 0 aliphatic carbocycles. The number of Topliss-reactive ketones (excluding diaryl/α,β-unsaturated/α-hetero) is 1. The lowest BCUT2D eigenvalue weighted by Crippen LogP contribution is -2.33. The highest BCUT2D eigenvalue weighted by atomic mass is 32.2. The van der Waals surface area contributed by atoms with Gasteiger partial charge in [0.1, 0.15) is 5.71 Å². The van der Waals surface area contributed by atoms with Gasteiger partial charge in [-0.25, -0.2) is 14.4 Å². The molecule has 0 spiro atoms. The molecule has 0 unspecified atom stereocenters. The van der Waals surface area contributed by atoms with Crippen LogP contribution in [0.15, 0.2) is 53.5 Å². The average molecular weight is 394 g/mol. The van der Waals surface area contributed by atoms with Gasteiger partial charge in [-0.15, -0.1) is 0 Å². The van der Waals surface area contributed by atoms with Crippen molar-refractivity contribution in [2.45, 2.75) is 0 Å². The normalized spacial score (nSPS) is 12.9. The highest BCUT2D eigenvalue weighted by Gasteiger charge is 2.32. The van der Waals surface area contributed by atoms with E-state index in [-0.39, 0.29) is 22.9 Å². The minimum absolute atomic E-state index is 0.144. The summed E-state index contributed by atoms with van der Waals surface area (Å²) in [6.45, 7) is 0.979. The number of aliphatic imine (C=N–C) groups is 1. The maximum absolute atomic E-state index is 12.9. The van der Waals surface area contributed by atoms with Gasteiger partial charge in [0.05, 0.1) is 16.8 Å². The summed E-state index contributed by atoms with van der Waals surface area (Å²) in [5.41, 5.74) is 1.98. The smallest absolute Gasteiger partial charge is 0.328 e. The Kier molecular flexibility index (Phi) is 4.89. The van der Waals surface area contributed by atoms with Gasteiger partial charge in [-0.2, -0.15) is 0 Å². The second-order valence-electron chi connectivity index (χ2n) is 6.19. The molecular weight excluding hydrogens is 376 g/mol. The van der Waals surface area contributed by atoms with Crippen molar-refractivity contribution in [2.75, 3.05) is 19.3 Å². The highest BCUT2D eigenvalue weighted by molar-refractivity contribution is 7.96. The predicted molar refractivity (Wildman–Crippen MR) is 111 cm³/mol. The minimum atomic E-state index is -0.466. The number of nitrogens with one attached hydrogen (secondary N) is 2. The largest absolute Gasteiger partial charge is 0.494 e. The Morgan fingerprint density at radius 1 is 1.14 bits per heavy atom. The van der Waals surface area contributed by atoms with Crippen LogP contribution in [-0.4, -0.2) is 46.5 Å². The predicted octanol–water partition coefficient (Wildman–Crippen LogP) is 3.09. The van der Waals surface area contributed by atoms with Gasteiger partial charge in [-0.05, 0) is 24.5 Å². The van der Waals surface area contributed by atoms with E-state index >= 15 is 0 Å². The van der Waals surface area contributed by atoms with E-state index in [1.54, 1.807) is 48.5 Å². The number of ketones is 1. The van der Waals surface area contributed by atoms with Gasteiger partial charge in [-0.3, -0.25) is 9.52 Å². The van der Waals surface area contributed by atoms with Gasteiger partial charge in [0.25, 0.3) is 0 Å². The molecule has 0 radical (unpaired) electrons. The number of rotatable bonds is 5. The summed E-state index contributed by atoms with van der Waals surface area (Å²) in [5, 5.41) is 14.2. The number of benzene rings is 2. The van der Waals surface area contributed by atoms with E-state index in [0.29, 0.717) is 35.2 Å². The fraction of sp³-hybridized carbons (Fsp3) is 0.150. The summed E-state index contributed by atoms with van der Waals surface area (Å²) in [4.78, 5) is 30.0. The van der Waals surface area contributed by atoms with Gasteiger partial charge in [0, 0.05) is 24.0 Å². The fourth-order valence-electron chi connectivity index (χ4n) is 3.30. The SMILES string of the molecule is CSNCCNC(=O)n1c(O)c(C2=Nc3ccccc3C2=O)c2ccccc21. The third-order valence-electron chi connectivity index (χ3n) is 4.53.